The number of halogens is 2. The van der Waals surface area contributed by atoms with Gasteiger partial charge in [-0.15, -0.1) is 0 Å². The molecule has 0 saturated carbocycles. The molecule has 0 bridgehead atoms. The monoisotopic (exact) mass is 456 g/mol. The Morgan fingerprint density at radius 2 is 2.03 bits per heavy atom. The number of hydrogen-bond donors (Lipinski definition) is 0. The largest absolute Gasteiger partial charge is 0.493 e. The van der Waals surface area contributed by atoms with Crippen molar-refractivity contribution >= 4 is 5.91 Å². The first kappa shape index (κ1) is 21.2. The van der Waals surface area contributed by atoms with E-state index in [1.165, 1.54) is 16.7 Å². The van der Waals surface area contributed by atoms with Crippen LogP contribution in [0.2, 0.25) is 0 Å². The van der Waals surface area contributed by atoms with Gasteiger partial charge in [0.25, 0.3) is 17.4 Å². The average molecular weight is 456 g/mol. The molecule has 4 heterocycles. The van der Waals surface area contributed by atoms with Crippen LogP contribution in [0.25, 0.3) is 5.69 Å². The van der Waals surface area contributed by atoms with E-state index in [9.17, 15) is 18.4 Å². The van der Waals surface area contributed by atoms with Crippen LogP contribution in [0.1, 0.15) is 28.2 Å². The first-order valence-corrected chi connectivity index (χ1v) is 10.7. The molecule has 0 N–H and O–H groups in total. The average Bonchev–Trinajstić information content (AvgIpc) is 3.21. The molecule has 2 aliphatic heterocycles. The fraction of sp³-hybridized carbons (Fsp3) is 0.348. The van der Waals surface area contributed by atoms with Crippen LogP contribution < -0.4 is 15.0 Å². The summed E-state index contributed by atoms with van der Waals surface area (Å²) in [6.07, 6.45) is 2.90. The molecular formula is C23H22F2N4O4. The number of imidazole rings is 1. The number of carbonyl (C=O) groups is 1. The number of nitrogens with zero attached hydrogens (tertiary/aromatic N) is 4. The third-order valence-electron chi connectivity index (χ3n) is 5.89. The number of fused-ring (bicyclic) bond motifs is 2. The molecule has 0 aliphatic carbocycles. The van der Waals surface area contributed by atoms with E-state index in [1.807, 2.05) is 6.92 Å². The fourth-order valence-electron chi connectivity index (χ4n) is 4.21. The first-order chi connectivity index (χ1) is 15.8. The maximum absolute atomic E-state index is 14.4. The minimum absolute atomic E-state index is 0.0366. The molecule has 0 atom stereocenters. The van der Waals surface area contributed by atoms with Gasteiger partial charge in [0.1, 0.15) is 35.1 Å². The number of amides is 1. The van der Waals surface area contributed by atoms with Crippen LogP contribution in [0, 0.1) is 6.92 Å². The van der Waals surface area contributed by atoms with Gasteiger partial charge in [0.05, 0.1) is 31.6 Å². The van der Waals surface area contributed by atoms with E-state index in [-0.39, 0.29) is 54.0 Å². The Balaban J connectivity index is 1.30. The summed E-state index contributed by atoms with van der Waals surface area (Å²) in [6.45, 7) is 2.66. The number of rotatable bonds is 5. The summed E-state index contributed by atoms with van der Waals surface area (Å²) in [5.74, 6) is -3.16. The third-order valence-corrected chi connectivity index (χ3v) is 5.89. The van der Waals surface area contributed by atoms with Crippen LogP contribution in [0.15, 0.2) is 47.7 Å². The number of hydrogen-bond acceptors (Lipinski definition) is 5. The summed E-state index contributed by atoms with van der Waals surface area (Å²) in [6, 6.07) is 7.80. The lowest BCUT2D eigenvalue weighted by Gasteiger charge is -2.30. The van der Waals surface area contributed by atoms with Crippen LogP contribution in [0.4, 0.5) is 8.78 Å². The highest BCUT2D eigenvalue weighted by molar-refractivity contribution is 5.93. The summed E-state index contributed by atoms with van der Waals surface area (Å²) < 4.78 is 42.9. The van der Waals surface area contributed by atoms with Crippen LogP contribution in [-0.4, -0.2) is 51.2 Å². The Hall–Kier alpha value is -3.69. The van der Waals surface area contributed by atoms with E-state index in [4.69, 9.17) is 9.47 Å². The number of alkyl halides is 2. The molecule has 10 heteroatoms. The van der Waals surface area contributed by atoms with Crippen molar-refractivity contribution in [2.24, 2.45) is 0 Å². The van der Waals surface area contributed by atoms with Gasteiger partial charge in [0.15, 0.2) is 0 Å². The minimum atomic E-state index is -3.03. The zero-order valence-corrected chi connectivity index (χ0v) is 18.0. The summed E-state index contributed by atoms with van der Waals surface area (Å²) in [5, 5.41) is 0. The molecule has 8 nitrogen and oxygen atoms in total. The SMILES string of the molecule is Cc1cn(-c2ccc3n(c2=O)CCN(CCOc2cccc4c2C(F)(F)CCO4)C3=O)cn1. The van der Waals surface area contributed by atoms with Crippen LogP contribution in [0.3, 0.4) is 0 Å². The lowest BCUT2D eigenvalue weighted by molar-refractivity contribution is -0.0429. The molecule has 0 unspecified atom stereocenters. The van der Waals surface area contributed by atoms with Gasteiger partial charge in [-0.25, -0.2) is 13.8 Å². The molecule has 0 saturated heterocycles. The number of carbonyl (C=O) groups excluding carboxylic acids is 1. The molecule has 2 aromatic heterocycles. The van der Waals surface area contributed by atoms with Gasteiger partial charge >= 0.3 is 0 Å². The third kappa shape index (κ3) is 3.75. The number of ether oxygens (including phenoxy) is 2. The zero-order chi connectivity index (χ0) is 23.2. The normalized spacial score (nSPS) is 16.7. The quantitative estimate of drug-likeness (QED) is 0.590. The Labute approximate surface area is 188 Å². The van der Waals surface area contributed by atoms with E-state index in [2.05, 4.69) is 4.98 Å². The summed E-state index contributed by atoms with van der Waals surface area (Å²) in [4.78, 5) is 31.6. The summed E-state index contributed by atoms with van der Waals surface area (Å²) >= 11 is 0. The molecule has 0 spiro atoms. The van der Waals surface area contributed by atoms with E-state index in [1.54, 1.807) is 40.2 Å². The van der Waals surface area contributed by atoms with Crippen molar-refractivity contribution < 1.29 is 23.0 Å². The highest BCUT2D eigenvalue weighted by Crippen LogP contribution is 2.46. The lowest BCUT2D eigenvalue weighted by atomic mass is 10.0. The van der Waals surface area contributed by atoms with Crippen LogP contribution in [0.5, 0.6) is 11.5 Å². The molecule has 3 aromatic rings. The van der Waals surface area contributed by atoms with E-state index >= 15 is 0 Å². The highest BCUT2D eigenvalue weighted by Gasteiger charge is 2.41. The van der Waals surface area contributed by atoms with Gasteiger partial charge in [0, 0.05) is 19.3 Å². The molecule has 0 radical (unpaired) electrons. The Morgan fingerprint density at radius 1 is 1.18 bits per heavy atom. The van der Waals surface area contributed by atoms with Gasteiger partial charge in [0.2, 0.25) is 0 Å². The second-order valence-corrected chi connectivity index (χ2v) is 8.06. The van der Waals surface area contributed by atoms with Gasteiger partial charge in [-0.2, -0.15) is 0 Å². The highest BCUT2D eigenvalue weighted by atomic mass is 19.3. The number of aromatic nitrogens is 3. The lowest BCUT2D eigenvalue weighted by Crippen LogP contribution is -2.46. The van der Waals surface area contributed by atoms with Crippen molar-refractivity contribution in [2.45, 2.75) is 25.8 Å². The smallest absolute Gasteiger partial charge is 0.283 e. The molecule has 2 aliphatic rings. The van der Waals surface area contributed by atoms with Crippen LogP contribution in [-0.2, 0) is 12.5 Å². The standard InChI is InChI=1S/C23H22F2N4O4/c1-15-13-28(14-26-15)16-5-6-17-21(30)27(8-9-29(17)22(16)31)10-12-33-19-4-2-3-18-20(19)23(24,25)7-11-32-18/h2-6,13-14H,7-12H2,1H3. The molecule has 5 rings (SSSR count). The second-order valence-electron chi connectivity index (χ2n) is 8.06. The zero-order valence-electron chi connectivity index (χ0n) is 18.0. The van der Waals surface area contributed by atoms with Gasteiger partial charge < -0.3 is 23.5 Å². The van der Waals surface area contributed by atoms with E-state index in [0.29, 0.717) is 18.8 Å². The van der Waals surface area contributed by atoms with Crippen molar-refractivity contribution in [1.29, 1.82) is 0 Å². The van der Waals surface area contributed by atoms with Gasteiger partial charge in [-0.05, 0) is 31.2 Å². The molecule has 0 fully saturated rings. The molecule has 1 aromatic carbocycles. The predicted molar refractivity (Wildman–Crippen MR) is 114 cm³/mol. The Morgan fingerprint density at radius 3 is 2.82 bits per heavy atom. The summed E-state index contributed by atoms with van der Waals surface area (Å²) in [7, 11) is 0. The number of benzene rings is 1. The first-order valence-electron chi connectivity index (χ1n) is 10.7. The minimum Gasteiger partial charge on any atom is -0.493 e. The Bertz CT molecular complexity index is 1280. The van der Waals surface area contributed by atoms with E-state index < -0.39 is 12.3 Å². The van der Waals surface area contributed by atoms with Gasteiger partial charge in [-0.3, -0.25) is 9.59 Å². The predicted octanol–water partition coefficient (Wildman–Crippen LogP) is 2.75. The molecule has 33 heavy (non-hydrogen) atoms. The second kappa shape index (κ2) is 8.02. The van der Waals surface area contributed by atoms with Crippen molar-refractivity contribution in [3.63, 3.8) is 0 Å². The van der Waals surface area contributed by atoms with Crippen molar-refractivity contribution in [2.75, 3.05) is 26.3 Å². The molecule has 172 valence electrons. The maximum atomic E-state index is 14.4. The molecular weight excluding hydrogens is 434 g/mol. The summed E-state index contributed by atoms with van der Waals surface area (Å²) in [5.41, 5.74) is 0.959. The van der Waals surface area contributed by atoms with Crippen molar-refractivity contribution in [1.82, 2.24) is 19.0 Å². The fourth-order valence-corrected chi connectivity index (χ4v) is 4.21. The van der Waals surface area contributed by atoms with Crippen molar-refractivity contribution in [3.05, 3.63) is 70.2 Å². The molecule has 1 amide bonds. The maximum Gasteiger partial charge on any atom is 0.283 e. The van der Waals surface area contributed by atoms with Gasteiger partial charge in [-0.1, -0.05) is 6.07 Å². The van der Waals surface area contributed by atoms with Crippen LogP contribution >= 0.6 is 0 Å². The van der Waals surface area contributed by atoms with E-state index in [0.717, 1.165) is 5.69 Å². The number of aryl methyl sites for hydroxylation is 1. The Kier molecular flexibility index (Phi) is 5.15. The number of pyridine rings is 1. The topological polar surface area (TPSA) is 78.6 Å². The van der Waals surface area contributed by atoms with Crippen molar-refractivity contribution in [3.8, 4) is 17.2 Å².